The molecule has 0 saturated carbocycles. The van der Waals surface area contributed by atoms with Crippen LogP contribution in [0.4, 0.5) is 11.4 Å². The molecule has 1 saturated heterocycles. The van der Waals surface area contributed by atoms with Crippen molar-refractivity contribution in [1.29, 1.82) is 0 Å². The molecule has 7 nitrogen and oxygen atoms in total. The molecular formula is C26H24N4O3S. The van der Waals surface area contributed by atoms with E-state index in [1.54, 1.807) is 28.4 Å². The fourth-order valence-electron chi connectivity index (χ4n) is 4.19. The number of rotatable bonds is 5. The minimum Gasteiger partial charge on any atom is -0.334 e. The van der Waals surface area contributed by atoms with E-state index in [1.165, 1.54) is 4.88 Å². The van der Waals surface area contributed by atoms with Crippen LogP contribution in [0.2, 0.25) is 0 Å². The number of anilines is 2. The summed E-state index contributed by atoms with van der Waals surface area (Å²) in [7, 11) is 0. The molecule has 34 heavy (non-hydrogen) atoms. The Balaban J connectivity index is 1.29. The largest absolute Gasteiger partial charge is 0.334 e. The van der Waals surface area contributed by atoms with Crippen LogP contribution in [0.1, 0.15) is 22.4 Å². The highest BCUT2D eigenvalue weighted by atomic mass is 32.1. The number of carbonyl (C=O) groups is 2. The van der Waals surface area contributed by atoms with Crippen molar-refractivity contribution in [3.8, 4) is 22.2 Å². The summed E-state index contributed by atoms with van der Waals surface area (Å²) < 4.78 is 5.45. The van der Waals surface area contributed by atoms with Gasteiger partial charge in [-0.05, 0) is 62.7 Å². The van der Waals surface area contributed by atoms with Crippen molar-refractivity contribution in [2.45, 2.75) is 27.2 Å². The Labute approximate surface area is 201 Å². The summed E-state index contributed by atoms with van der Waals surface area (Å²) in [6, 6.07) is 17.2. The van der Waals surface area contributed by atoms with Gasteiger partial charge in [0.05, 0.1) is 10.8 Å². The van der Waals surface area contributed by atoms with Crippen LogP contribution in [0.15, 0.2) is 59.1 Å². The zero-order valence-corrected chi connectivity index (χ0v) is 20.0. The molecule has 0 spiro atoms. The molecule has 1 N–H and O–H groups in total. The van der Waals surface area contributed by atoms with Crippen LogP contribution in [0, 0.1) is 26.7 Å². The number of amides is 2. The molecule has 4 aromatic rings. The third-order valence-corrected chi connectivity index (χ3v) is 6.90. The Kier molecular flexibility index (Phi) is 5.75. The second kappa shape index (κ2) is 8.87. The van der Waals surface area contributed by atoms with Crippen LogP contribution in [-0.2, 0) is 9.59 Å². The molecule has 8 heteroatoms. The smallest absolute Gasteiger partial charge is 0.258 e. The Hall–Kier alpha value is -3.78. The van der Waals surface area contributed by atoms with Gasteiger partial charge in [0.15, 0.2) is 0 Å². The first kappa shape index (κ1) is 22.0. The van der Waals surface area contributed by atoms with Crippen LogP contribution >= 0.6 is 11.3 Å². The van der Waals surface area contributed by atoms with Crippen molar-refractivity contribution in [1.82, 2.24) is 10.1 Å². The van der Waals surface area contributed by atoms with Crippen molar-refractivity contribution < 1.29 is 14.1 Å². The van der Waals surface area contributed by atoms with Crippen molar-refractivity contribution in [3.05, 3.63) is 70.6 Å². The lowest BCUT2D eigenvalue weighted by Crippen LogP contribution is -2.28. The predicted octanol–water partition coefficient (Wildman–Crippen LogP) is 5.38. The van der Waals surface area contributed by atoms with E-state index in [-0.39, 0.29) is 18.2 Å². The molecule has 172 valence electrons. The van der Waals surface area contributed by atoms with Gasteiger partial charge >= 0.3 is 0 Å². The average molecular weight is 473 g/mol. The first-order valence-corrected chi connectivity index (χ1v) is 11.9. The zero-order chi connectivity index (χ0) is 23.8. The van der Waals surface area contributed by atoms with E-state index in [1.807, 2.05) is 63.2 Å². The van der Waals surface area contributed by atoms with Gasteiger partial charge in [-0.2, -0.15) is 4.98 Å². The van der Waals surface area contributed by atoms with E-state index in [0.29, 0.717) is 29.5 Å². The molecule has 1 aliphatic heterocycles. The van der Waals surface area contributed by atoms with Gasteiger partial charge in [0.25, 0.3) is 5.89 Å². The number of thiophene rings is 1. The van der Waals surface area contributed by atoms with Gasteiger partial charge in [-0.3, -0.25) is 9.59 Å². The van der Waals surface area contributed by atoms with Gasteiger partial charge in [0, 0.05) is 34.8 Å². The van der Waals surface area contributed by atoms with Crippen molar-refractivity contribution in [2.75, 3.05) is 16.8 Å². The summed E-state index contributed by atoms with van der Waals surface area (Å²) in [4.78, 5) is 34.0. The maximum atomic E-state index is 13.0. The van der Waals surface area contributed by atoms with Gasteiger partial charge in [0.1, 0.15) is 0 Å². The summed E-state index contributed by atoms with van der Waals surface area (Å²) in [5, 5.41) is 7.03. The molecule has 1 aliphatic rings. The highest BCUT2D eigenvalue weighted by Gasteiger charge is 2.35. The predicted molar refractivity (Wildman–Crippen MR) is 133 cm³/mol. The summed E-state index contributed by atoms with van der Waals surface area (Å²) in [6.07, 6.45) is 0.187. The quantitative estimate of drug-likeness (QED) is 0.421. The Morgan fingerprint density at radius 1 is 1.12 bits per heavy atom. The molecule has 1 atom stereocenters. The fourth-order valence-corrected chi connectivity index (χ4v) is 4.99. The van der Waals surface area contributed by atoms with Gasteiger partial charge in [0.2, 0.25) is 17.6 Å². The second-order valence-electron chi connectivity index (χ2n) is 8.60. The molecule has 0 radical (unpaired) electrons. The molecule has 0 bridgehead atoms. The van der Waals surface area contributed by atoms with Crippen LogP contribution < -0.4 is 10.2 Å². The molecule has 2 aromatic carbocycles. The number of hydrogen-bond donors (Lipinski definition) is 1. The molecule has 2 aromatic heterocycles. The number of aromatic nitrogens is 2. The highest BCUT2D eigenvalue weighted by Crippen LogP contribution is 2.31. The lowest BCUT2D eigenvalue weighted by Gasteiger charge is -2.19. The SMILES string of the molecule is Cc1ccc(N2CC(C(=O)Nc3cccc(-c4nc(-c5ccc(C)s5)no4)c3)CC2=O)c(C)c1. The van der Waals surface area contributed by atoms with E-state index in [4.69, 9.17) is 4.52 Å². The van der Waals surface area contributed by atoms with Crippen molar-refractivity contribution in [3.63, 3.8) is 0 Å². The maximum absolute atomic E-state index is 13.0. The van der Waals surface area contributed by atoms with Crippen LogP contribution in [0.25, 0.3) is 22.2 Å². The molecular weight excluding hydrogens is 448 g/mol. The molecule has 0 aliphatic carbocycles. The van der Waals surface area contributed by atoms with Gasteiger partial charge in [-0.25, -0.2) is 0 Å². The first-order valence-electron chi connectivity index (χ1n) is 11.1. The number of hydrogen-bond acceptors (Lipinski definition) is 6. The van der Waals surface area contributed by atoms with Gasteiger partial charge < -0.3 is 14.7 Å². The highest BCUT2D eigenvalue weighted by molar-refractivity contribution is 7.15. The van der Waals surface area contributed by atoms with E-state index in [2.05, 4.69) is 15.5 Å². The van der Waals surface area contributed by atoms with E-state index >= 15 is 0 Å². The summed E-state index contributed by atoms with van der Waals surface area (Å²) in [5.41, 5.74) is 4.36. The molecule has 5 rings (SSSR count). The molecule has 1 unspecified atom stereocenters. The molecule has 1 fully saturated rings. The normalized spacial score (nSPS) is 15.7. The third-order valence-electron chi connectivity index (χ3n) is 5.90. The minimum absolute atomic E-state index is 0.0388. The van der Waals surface area contributed by atoms with E-state index in [9.17, 15) is 9.59 Å². The lowest BCUT2D eigenvalue weighted by molar-refractivity contribution is -0.122. The summed E-state index contributed by atoms with van der Waals surface area (Å²) >= 11 is 1.60. The standard InChI is InChI=1S/C26H24N4O3S/c1-15-7-9-21(16(2)11-15)30-14-19(13-23(30)31)25(32)27-20-6-4-5-18(12-20)26-28-24(29-33-26)22-10-8-17(3)34-22/h4-12,19H,13-14H2,1-3H3,(H,27,32). The summed E-state index contributed by atoms with van der Waals surface area (Å²) in [6.45, 7) is 6.39. The lowest BCUT2D eigenvalue weighted by atomic mass is 10.1. The van der Waals surface area contributed by atoms with Crippen molar-refractivity contribution >= 4 is 34.5 Å². The number of aryl methyl sites for hydroxylation is 3. The molecule has 2 amide bonds. The topological polar surface area (TPSA) is 88.3 Å². The number of nitrogens with one attached hydrogen (secondary N) is 1. The van der Waals surface area contributed by atoms with Crippen LogP contribution in [-0.4, -0.2) is 28.5 Å². The monoisotopic (exact) mass is 472 g/mol. The Bertz CT molecular complexity index is 1390. The number of benzene rings is 2. The Morgan fingerprint density at radius 2 is 1.97 bits per heavy atom. The number of nitrogens with zero attached hydrogens (tertiary/aromatic N) is 3. The van der Waals surface area contributed by atoms with E-state index in [0.717, 1.165) is 21.7 Å². The summed E-state index contributed by atoms with van der Waals surface area (Å²) in [5.74, 6) is 0.280. The number of carbonyl (C=O) groups excluding carboxylic acids is 2. The molecule has 3 heterocycles. The second-order valence-corrected chi connectivity index (χ2v) is 9.89. The van der Waals surface area contributed by atoms with E-state index < -0.39 is 5.92 Å². The van der Waals surface area contributed by atoms with Crippen LogP contribution in [0.5, 0.6) is 0 Å². The first-order chi connectivity index (χ1) is 16.4. The minimum atomic E-state index is -0.422. The Morgan fingerprint density at radius 3 is 2.74 bits per heavy atom. The zero-order valence-electron chi connectivity index (χ0n) is 19.2. The van der Waals surface area contributed by atoms with Gasteiger partial charge in [-0.15, -0.1) is 11.3 Å². The van der Waals surface area contributed by atoms with Gasteiger partial charge in [-0.1, -0.05) is 28.9 Å². The fraction of sp³-hybridized carbons (Fsp3) is 0.231. The average Bonchev–Trinajstić information content (AvgIpc) is 3.54. The van der Waals surface area contributed by atoms with Crippen molar-refractivity contribution in [2.24, 2.45) is 5.92 Å². The van der Waals surface area contributed by atoms with Crippen LogP contribution in [0.3, 0.4) is 0 Å². The maximum Gasteiger partial charge on any atom is 0.258 e. The third kappa shape index (κ3) is 4.36.